The topological polar surface area (TPSA) is 75.7 Å². The molecule has 158 valence electrons. The molecule has 1 N–H and O–H groups in total. The van der Waals surface area contributed by atoms with Gasteiger partial charge in [0, 0.05) is 5.02 Å². The molecule has 0 saturated heterocycles. The van der Waals surface area contributed by atoms with Crippen LogP contribution in [0.3, 0.4) is 0 Å². The lowest BCUT2D eigenvalue weighted by molar-refractivity contribution is -0.122. The van der Waals surface area contributed by atoms with E-state index in [1.807, 2.05) is 26.0 Å². The number of benzene rings is 2. The van der Waals surface area contributed by atoms with Gasteiger partial charge >= 0.3 is 0 Å². The first-order valence-electron chi connectivity index (χ1n) is 9.36. The Morgan fingerprint density at radius 1 is 1.21 bits per heavy atom. The van der Waals surface area contributed by atoms with Gasteiger partial charge in [-0.05, 0) is 55.7 Å². The second-order valence-electron chi connectivity index (χ2n) is 6.87. The highest BCUT2D eigenvalue weighted by molar-refractivity contribution is 7.92. The fourth-order valence-corrected chi connectivity index (χ4v) is 4.32. The number of aryl methyl sites for hydroxylation is 2. The fourth-order valence-electron chi connectivity index (χ4n) is 2.95. The van der Waals surface area contributed by atoms with E-state index < -0.39 is 16.1 Å². The van der Waals surface area contributed by atoms with E-state index in [-0.39, 0.29) is 19.1 Å². The van der Waals surface area contributed by atoms with Crippen molar-refractivity contribution >= 4 is 33.2 Å². The van der Waals surface area contributed by atoms with E-state index in [0.717, 1.165) is 17.4 Å². The van der Waals surface area contributed by atoms with E-state index in [1.165, 1.54) is 4.31 Å². The number of anilines is 1. The van der Waals surface area contributed by atoms with Gasteiger partial charge in [-0.2, -0.15) is 0 Å². The Labute approximate surface area is 177 Å². The summed E-state index contributed by atoms with van der Waals surface area (Å²) in [6.45, 7) is 6.04. The van der Waals surface area contributed by atoms with Gasteiger partial charge in [0.1, 0.15) is 18.4 Å². The lowest BCUT2D eigenvalue weighted by atomic mass is 10.1. The van der Waals surface area contributed by atoms with E-state index in [9.17, 15) is 13.2 Å². The summed E-state index contributed by atoms with van der Waals surface area (Å²) < 4.78 is 31.6. The normalized spacial score (nSPS) is 12.3. The molecule has 2 aromatic carbocycles. The number of ether oxygens (including phenoxy) is 1. The SMILES string of the molecule is CCC(C(=O)NCCOc1ccc(C)c(Cl)c1)N(c1cccc(C)c1)S(C)(=O)=O. The van der Waals surface area contributed by atoms with Crippen LogP contribution in [0.1, 0.15) is 24.5 Å². The Morgan fingerprint density at radius 3 is 2.52 bits per heavy atom. The van der Waals surface area contributed by atoms with Gasteiger partial charge in [0.05, 0.1) is 18.5 Å². The maximum Gasteiger partial charge on any atom is 0.244 e. The summed E-state index contributed by atoms with van der Waals surface area (Å²) in [6.07, 6.45) is 1.44. The number of nitrogens with zero attached hydrogens (tertiary/aromatic N) is 1. The third-order valence-corrected chi connectivity index (χ3v) is 5.99. The van der Waals surface area contributed by atoms with E-state index >= 15 is 0 Å². The maximum atomic E-state index is 12.7. The molecule has 0 bridgehead atoms. The molecule has 0 heterocycles. The van der Waals surface area contributed by atoms with E-state index in [0.29, 0.717) is 22.9 Å². The molecule has 2 aromatic rings. The molecule has 29 heavy (non-hydrogen) atoms. The molecule has 0 radical (unpaired) electrons. The van der Waals surface area contributed by atoms with Crippen LogP contribution in [0.4, 0.5) is 5.69 Å². The summed E-state index contributed by atoms with van der Waals surface area (Å²) in [5.74, 6) is 0.240. The molecular weight excluding hydrogens is 412 g/mol. The summed E-state index contributed by atoms with van der Waals surface area (Å²) in [5, 5.41) is 3.37. The Balaban J connectivity index is 2.04. The van der Waals surface area contributed by atoms with Gasteiger partial charge in [-0.3, -0.25) is 9.10 Å². The van der Waals surface area contributed by atoms with Crippen LogP contribution in [0.5, 0.6) is 5.75 Å². The van der Waals surface area contributed by atoms with Crippen molar-refractivity contribution in [1.82, 2.24) is 5.32 Å². The molecule has 0 saturated carbocycles. The van der Waals surface area contributed by atoms with Crippen LogP contribution in [-0.2, 0) is 14.8 Å². The predicted molar refractivity (Wildman–Crippen MR) is 117 cm³/mol. The van der Waals surface area contributed by atoms with E-state index in [1.54, 1.807) is 37.3 Å². The first-order chi connectivity index (χ1) is 13.6. The number of hydrogen-bond donors (Lipinski definition) is 1. The number of nitrogens with one attached hydrogen (secondary N) is 1. The highest BCUT2D eigenvalue weighted by Gasteiger charge is 2.31. The van der Waals surface area contributed by atoms with Crippen molar-refractivity contribution in [3.63, 3.8) is 0 Å². The van der Waals surface area contributed by atoms with Crippen LogP contribution in [0.25, 0.3) is 0 Å². The second kappa shape index (κ2) is 9.98. The monoisotopic (exact) mass is 438 g/mol. The molecule has 0 aliphatic carbocycles. The van der Waals surface area contributed by atoms with Crippen LogP contribution in [0.2, 0.25) is 5.02 Å². The largest absolute Gasteiger partial charge is 0.492 e. The lowest BCUT2D eigenvalue weighted by Gasteiger charge is -2.30. The van der Waals surface area contributed by atoms with Crippen molar-refractivity contribution in [3.8, 4) is 5.75 Å². The minimum Gasteiger partial charge on any atom is -0.492 e. The van der Waals surface area contributed by atoms with Gasteiger partial charge < -0.3 is 10.1 Å². The summed E-state index contributed by atoms with van der Waals surface area (Å²) in [4.78, 5) is 12.7. The molecule has 1 amide bonds. The number of carbonyl (C=O) groups is 1. The first kappa shape index (κ1) is 23.0. The standard InChI is InChI=1S/C21H27ClN2O4S/c1-5-20(24(29(4,26)27)17-8-6-7-15(2)13-17)21(25)23-11-12-28-18-10-9-16(3)19(22)14-18/h6-10,13-14,20H,5,11-12H2,1-4H3,(H,23,25). The molecule has 1 unspecified atom stereocenters. The average Bonchev–Trinajstić information content (AvgIpc) is 2.64. The number of rotatable bonds is 9. The van der Waals surface area contributed by atoms with Crippen molar-refractivity contribution in [2.45, 2.75) is 33.2 Å². The second-order valence-corrected chi connectivity index (χ2v) is 9.14. The third-order valence-electron chi connectivity index (χ3n) is 4.40. The molecular formula is C21H27ClN2O4S. The molecule has 6 nitrogen and oxygen atoms in total. The molecule has 0 fully saturated rings. The summed E-state index contributed by atoms with van der Waals surface area (Å²) in [7, 11) is -3.65. The number of amides is 1. The first-order valence-corrected chi connectivity index (χ1v) is 11.6. The maximum absolute atomic E-state index is 12.7. The lowest BCUT2D eigenvalue weighted by Crippen LogP contribution is -2.50. The fraction of sp³-hybridized carbons (Fsp3) is 0.381. The summed E-state index contributed by atoms with van der Waals surface area (Å²) >= 11 is 6.07. The van der Waals surface area contributed by atoms with Crippen LogP contribution < -0.4 is 14.4 Å². The van der Waals surface area contributed by atoms with E-state index in [2.05, 4.69) is 5.32 Å². The Kier molecular flexibility index (Phi) is 7.93. The van der Waals surface area contributed by atoms with Crippen LogP contribution in [-0.4, -0.2) is 39.8 Å². The quantitative estimate of drug-likeness (QED) is 0.606. The van der Waals surface area contributed by atoms with Gasteiger partial charge in [0.2, 0.25) is 15.9 Å². The van der Waals surface area contributed by atoms with Crippen molar-refractivity contribution in [2.24, 2.45) is 0 Å². The Bertz CT molecular complexity index is 963. The van der Waals surface area contributed by atoms with Gasteiger partial charge in [0.15, 0.2) is 0 Å². The van der Waals surface area contributed by atoms with Crippen molar-refractivity contribution in [1.29, 1.82) is 0 Å². The van der Waals surface area contributed by atoms with Crippen LogP contribution in [0, 0.1) is 13.8 Å². The molecule has 0 aliphatic heterocycles. The highest BCUT2D eigenvalue weighted by Crippen LogP contribution is 2.24. The zero-order valence-electron chi connectivity index (χ0n) is 17.1. The smallest absolute Gasteiger partial charge is 0.244 e. The van der Waals surface area contributed by atoms with Gasteiger partial charge in [-0.25, -0.2) is 8.42 Å². The van der Waals surface area contributed by atoms with Crippen molar-refractivity contribution in [3.05, 3.63) is 58.6 Å². The van der Waals surface area contributed by atoms with Gasteiger partial charge in [-0.1, -0.05) is 36.7 Å². The van der Waals surface area contributed by atoms with E-state index in [4.69, 9.17) is 16.3 Å². The molecule has 1 atom stereocenters. The zero-order valence-corrected chi connectivity index (χ0v) is 18.7. The molecule has 8 heteroatoms. The van der Waals surface area contributed by atoms with Crippen molar-refractivity contribution < 1.29 is 17.9 Å². The number of sulfonamides is 1. The zero-order chi connectivity index (χ0) is 21.6. The highest BCUT2D eigenvalue weighted by atomic mass is 35.5. The number of hydrogen-bond acceptors (Lipinski definition) is 4. The van der Waals surface area contributed by atoms with Gasteiger partial charge in [0.25, 0.3) is 0 Å². The van der Waals surface area contributed by atoms with Gasteiger partial charge in [-0.15, -0.1) is 0 Å². The number of halogens is 1. The summed E-state index contributed by atoms with van der Waals surface area (Å²) in [6, 6.07) is 11.6. The van der Waals surface area contributed by atoms with Crippen LogP contribution >= 0.6 is 11.6 Å². The van der Waals surface area contributed by atoms with Crippen LogP contribution in [0.15, 0.2) is 42.5 Å². The minimum atomic E-state index is -3.65. The summed E-state index contributed by atoms with van der Waals surface area (Å²) in [5.41, 5.74) is 2.34. The average molecular weight is 439 g/mol. The third kappa shape index (κ3) is 6.37. The molecule has 0 spiro atoms. The Hall–Kier alpha value is -2.25. The Morgan fingerprint density at radius 2 is 1.93 bits per heavy atom. The van der Waals surface area contributed by atoms with Crippen molar-refractivity contribution in [2.75, 3.05) is 23.7 Å². The number of carbonyl (C=O) groups excluding carboxylic acids is 1. The minimum absolute atomic E-state index is 0.241. The molecule has 0 aromatic heterocycles. The molecule has 0 aliphatic rings. The predicted octanol–water partition coefficient (Wildman–Crippen LogP) is 3.70. The molecule has 2 rings (SSSR count).